The van der Waals surface area contributed by atoms with Crippen LogP contribution in [0.4, 0.5) is 0 Å². The standard InChI is InChI=1S/C9H13N3O3S/c1-6(13)11-7(8(14)15)5-16-9-10-3-4-12(9)2/h3-4,7H,5H2,1-2H3,(H,11,13)(H,14,15)/t7-/m0/s1. The van der Waals surface area contributed by atoms with Gasteiger partial charge in [-0.3, -0.25) is 4.79 Å². The first-order chi connectivity index (χ1) is 7.50. The molecule has 1 rings (SSSR count). The van der Waals surface area contributed by atoms with Gasteiger partial charge in [0.15, 0.2) is 5.16 Å². The molecular formula is C9H13N3O3S. The number of aliphatic carboxylic acids is 1. The van der Waals surface area contributed by atoms with Crippen LogP contribution in [0.2, 0.25) is 0 Å². The van der Waals surface area contributed by atoms with Gasteiger partial charge in [0.25, 0.3) is 0 Å². The molecule has 16 heavy (non-hydrogen) atoms. The Balaban J connectivity index is 2.53. The van der Waals surface area contributed by atoms with Gasteiger partial charge in [-0.1, -0.05) is 11.8 Å². The lowest BCUT2D eigenvalue weighted by Crippen LogP contribution is -2.41. The summed E-state index contributed by atoms with van der Waals surface area (Å²) >= 11 is 1.29. The van der Waals surface area contributed by atoms with E-state index >= 15 is 0 Å². The van der Waals surface area contributed by atoms with Gasteiger partial charge in [0, 0.05) is 32.1 Å². The smallest absolute Gasteiger partial charge is 0.327 e. The van der Waals surface area contributed by atoms with E-state index in [-0.39, 0.29) is 11.7 Å². The summed E-state index contributed by atoms with van der Waals surface area (Å²) in [5, 5.41) is 11.9. The maximum atomic E-state index is 10.8. The molecule has 2 N–H and O–H groups in total. The molecule has 0 saturated heterocycles. The molecule has 0 saturated carbocycles. The van der Waals surface area contributed by atoms with Crippen molar-refractivity contribution in [1.82, 2.24) is 14.9 Å². The van der Waals surface area contributed by atoms with E-state index in [1.165, 1.54) is 18.7 Å². The van der Waals surface area contributed by atoms with Gasteiger partial charge in [-0.2, -0.15) is 0 Å². The first kappa shape index (κ1) is 12.6. The van der Waals surface area contributed by atoms with Crippen LogP contribution >= 0.6 is 11.8 Å². The highest BCUT2D eigenvalue weighted by molar-refractivity contribution is 7.99. The van der Waals surface area contributed by atoms with Gasteiger partial charge in [0.1, 0.15) is 6.04 Å². The van der Waals surface area contributed by atoms with Crippen molar-refractivity contribution in [3.05, 3.63) is 12.4 Å². The molecule has 0 spiro atoms. The molecular weight excluding hydrogens is 230 g/mol. The molecule has 0 aromatic carbocycles. The van der Waals surface area contributed by atoms with E-state index in [1.807, 2.05) is 7.05 Å². The summed E-state index contributed by atoms with van der Waals surface area (Å²) in [7, 11) is 1.82. The highest BCUT2D eigenvalue weighted by atomic mass is 32.2. The Morgan fingerprint density at radius 2 is 2.38 bits per heavy atom. The highest BCUT2D eigenvalue weighted by Gasteiger charge is 2.19. The minimum Gasteiger partial charge on any atom is -0.480 e. The number of aryl methyl sites for hydroxylation is 1. The minimum absolute atomic E-state index is 0.250. The van der Waals surface area contributed by atoms with Crippen LogP contribution in [-0.4, -0.2) is 38.3 Å². The summed E-state index contributed by atoms with van der Waals surface area (Å²) in [6, 6.07) is -0.890. The number of aromatic nitrogens is 2. The number of amides is 1. The number of carboxylic acids is 1. The number of rotatable bonds is 5. The van der Waals surface area contributed by atoms with Gasteiger partial charge in [-0.05, 0) is 0 Å². The number of carbonyl (C=O) groups excluding carboxylic acids is 1. The summed E-state index contributed by atoms with van der Waals surface area (Å²) in [5.74, 6) is -1.15. The van der Waals surface area contributed by atoms with E-state index in [0.29, 0.717) is 0 Å². The lowest BCUT2D eigenvalue weighted by Gasteiger charge is -2.12. The molecule has 0 aliphatic carbocycles. The summed E-state index contributed by atoms with van der Waals surface area (Å²) in [6.45, 7) is 1.29. The summed E-state index contributed by atoms with van der Waals surface area (Å²) in [6.07, 6.45) is 3.41. The maximum Gasteiger partial charge on any atom is 0.327 e. The average molecular weight is 243 g/mol. The van der Waals surface area contributed by atoms with Crippen LogP contribution in [0.5, 0.6) is 0 Å². The van der Waals surface area contributed by atoms with Crippen molar-refractivity contribution < 1.29 is 14.7 Å². The molecule has 0 bridgehead atoms. The number of hydrogen-bond acceptors (Lipinski definition) is 4. The Morgan fingerprint density at radius 3 is 2.81 bits per heavy atom. The second-order valence-electron chi connectivity index (χ2n) is 3.22. The zero-order chi connectivity index (χ0) is 12.1. The van der Waals surface area contributed by atoms with Crippen molar-refractivity contribution in [3.63, 3.8) is 0 Å². The molecule has 88 valence electrons. The fraction of sp³-hybridized carbons (Fsp3) is 0.444. The summed E-state index contributed by atoms with van der Waals surface area (Å²) in [5.41, 5.74) is 0. The number of carboxylic acid groups (broad SMARTS) is 1. The van der Waals surface area contributed by atoms with Crippen molar-refractivity contribution >= 4 is 23.6 Å². The predicted octanol–water partition coefficient (Wildman–Crippen LogP) is 0.101. The molecule has 0 unspecified atom stereocenters. The van der Waals surface area contributed by atoms with Crippen LogP contribution < -0.4 is 5.32 Å². The zero-order valence-electron chi connectivity index (χ0n) is 9.01. The van der Waals surface area contributed by atoms with E-state index < -0.39 is 12.0 Å². The first-order valence-corrected chi connectivity index (χ1v) is 5.59. The minimum atomic E-state index is -1.04. The van der Waals surface area contributed by atoms with Crippen LogP contribution in [0.25, 0.3) is 0 Å². The Kier molecular flexibility index (Phi) is 4.36. The number of nitrogens with zero attached hydrogens (tertiary/aromatic N) is 2. The van der Waals surface area contributed by atoms with Gasteiger partial charge in [-0.25, -0.2) is 9.78 Å². The topological polar surface area (TPSA) is 84.2 Å². The van der Waals surface area contributed by atoms with Crippen LogP contribution in [0.3, 0.4) is 0 Å². The number of thioether (sulfide) groups is 1. The fourth-order valence-corrected chi connectivity index (χ4v) is 2.01. The molecule has 0 radical (unpaired) electrons. The molecule has 0 fully saturated rings. The molecule has 0 aliphatic heterocycles. The van der Waals surface area contributed by atoms with Crippen molar-refractivity contribution in [3.8, 4) is 0 Å². The highest BCUT2D eigenvalue weighted by Crippen LogP contribution is 2.15. The van der Waals surface area contributed by atoms with Gasteiger partial charge < -0.3 is 15.0 Å². The third kappa shape index (κ3) is 3.58. The van der Waals surface area contributed by atoms with Crippen molar-refractivity contribution in [2.24, 2.45) is 7.05 Å². The molecule has 6 nitrogen and oxygen atoms in total. The number of nitrogens with one attached hydrogen (secondary N) is 1. The van der Waals surface area contributed by atoms with Crippen molar-refractivity contribution in [1.29, 1.82) is 0 Å². The van der Waals surface area contributed by atoms with E-state index in [1.54, 1.807) is 17.0 Å². The normalized spacial score (nSPS) is 12.1. The van der Waals surface area contributed by atoms with Gasteiger partial charge in [-0.15, -0.1) is 0 Å². The Bertz CT molecular complexity index is 391. The monoisotopic (exact) mass is 243 g/mol. The predicted molar refractivity (Wildman–Crippen MR) is 59.2 cm³/mol. The molecule has 1 aromatic heterocycles. The number of imidazole rings is 1. The van der Waals surface area contributed by atoms with Crippen molar-refractivity contribution in [2.45, 2.75) is 18.1 Å². The lowest BCUT2D eigenvalue weighted by atomic mass is 10.3. The van der Waals surface area contributed by atoms with Crippen LogP contribution in [0.15, 0.2) is 17.6 Å². The zero-order valence-corrected chi connectivity index (χ0v) is 9.82. The Labute approximate surface area is 97.1 Å². The van der Waals surface area contributed by atoms with E-state index in [4.69, 9.17) is 5.11 Å². The average Bonchev–Trinajstić information content (AvgIpc) is 2.57. The van der Waals surface area contributed by atoms with Gasteiger partial charge in [0.05, 0.1) is 0 Å². The molecule has 0 aliphatic rings. The second kappa shape index (κ2) is 5.55. The lowest BCUT2D eigenvalue weighted by molar-refractivity contribution is -0.140. The fourth-order valence-electron chi connectivity index (χ4n) is 1.07. The number of hydrogen-bond donors (Lipinski definition) is 2. The van der Waals surface area contributed by atoms with E-state index in [9.17, 15) is 9.59 Å². The maximum absolute atomic E-state index is 10.8. The largest absolute Gasteiger partial charge is 0.480 e. The summed E-state index contributed by atoms with van der Waals surface area (Å²) in [4.78, 5) is 25.7. The van der Waals surface area contributed by atoms with Crippen LogP contribution in [0.1, 0.15) is 6.92 Å². The molecule has 7 heteroatoms. The van der Waals surface area contributed by atoms with Crippen LogP contribution in [-0.2, 0) is 16.6 Å². The first-order valence-electron chi connectivity index (χ1n) is 4.60. The Hall–Kier alpha value is -1.50. The van der Waals surface area contributed by atoms with E-state index in [0.717, 1.165) is 5.16 Å². The Morgan fingerprint density at radius 1 is 1.69 bits per heavy atom. The van der Waals surface area contributed by atoms with Gasteiger partial charge in [0.2, 0.25) is 5.91 Å². The number of carbonyl (C=O) groups is 2. The van der Waals surface area contributed by atoms with Gasteiger partial charge >= 0.3 is 5.97 Å². The molecule has 1 amide bonds. The molecule has 1 aromatic rings. The third-order valence-electron chi connectivity index (χ3n) is 1.83. The SMILES string of the molecule is CC(=O)N[C@@H](CSc1nccn1C)C(=O)O. The van der Waals surface area contributed by atoms with Crippen molar-refractivity contribution in [2.75, 3.05) is 5.75 Å². The summed E-state index contributed by atoms with van der Waals surface area (Å²) < 4.78 is 1.79. The molecule has 1 atom stereocenters. The second-order valence-corrected chi connectivity index (χ2v) is 4.21. The quantitative estimate of drug-likeness (QED) is 0.717. The molecule has 1 heterocycles. The third-order valence-corrected chi connectivity index (χ3v) is 2.98. The van der Waals surface area contributed by atoms with Crippen LogP contribution in [0, 0.1) is 0 Å². The van der Waals surface area contributed by atoms with E-state index in [2.05, 4.69) is 10.3 Å².